The van der Waals surface area contributed by atoms with Crippen LogP contribution < -0.4 is 9.47 Å². The van der Waals surface area contributed by atoms with Crippen molar-refractivity contribution in [3.63, 3.8) is 0 Å². The van der Waals surface area contributed by atoms with Crippen LogP contribution in [0.5, 0.6) is 17.4 Å². The van der Waals surface area contributed by atoms with Crippen molar-refractivity contribution in [2.24, 2.45) is 0 Å². The fourth-order valence-electron chi connectivity index (χ4n) is 3.21. The molecule has 0 spiro atoms. The monoisotopic (exact) mass is 385 g/mol. The molecule has 0 fully saturated rings. The number of fused-ring (bicyclic) bond motifs is 1. The molecule has 4 heteroatoms. The van der Waals surface area contributed by atoms with Crippen LogP contribution in [-0.4, -0.2) is 10.1 Å². The Labute approximate surface area is 170 Å². The second kappa shape index (κ2) is 8.76. The van der Waals surface area contributed by atoms with Crippen molar-refractivity contribution < 1.29 is 14.6 Å². The molecule has 0 aliphatic rings. The van der Waals surface area contributed by atoms with Crippen LogP contribution in [0.3, 0.4) is 0 Å². The molecule has 0 aliphatic carbocycles. The molecule has 0 saturated heterocycles. The van der Waals surface area contributed by atoms with Crippen molar-refractivity contribution in [1.82, 2.24) is 4.98 Å². The van der Waals surface area contributed by atoms with E-state index in [0.29, 0.717) is 29.5 Å². The minimum atomic E-state index is -0.132. The van der Waals surface area contributed by atoms with E-state index in [4.69, 9.17) is 9.47 Å². The maximum Gasteiger partial charge on any atom is 0.223 e. The number of hydrogen-bond acceptors (Lipinski definition) is 4. The van der Waals surface area contributed by atoms with Crippen molar-refractivity contribution in [3.8, 4) is 17.4 Å². The fourth-order valence-corrected chi connectivity index (χ4v) is 3.21. The van der Waals surface area contributed by atoms with E-state index in [9.17, 15) is 5.11 Å². The predicted molar refractivity (Wildman–Crippen MR) is 114 cm³/mol. The number of aliphatic hydroxyl groups is 1. The van der Waals surface area contributed by atoms with Gasteiger partial charge in [0.2, 0.25) is 5.88 Å². The van der Waals surface area contributed by atoms with Crippen molar-refractivity contribution in [3.05, 3.63) is 95.6 Å². The Morgan fingerprint density at radius 3 is 2.45 bits per heavy atom. The first kappa shape index (κ1) is 19.0. The van der Waals surface area contributed by atoms with Crippen LogP contribution in [-0.2, 0) is 19.6 Å². The summed E-state index contributed by atoms with van der Waals surface area (Å²) < 4.78 is 12.0. The molecule has 4 rings (SSSR count). The van der Waals surface area contributed by atoms with E-state index >= 15 is 0 Å². The van der Waals surface area contributed by atoms with Crippen LogP contribution in [0.4, 0.5) is 0 Å². The zero-order valence-corrected chi connectivity index (χ0v) is 16.3. The maximum absolute atomic E-state index is 9.80. The van der Waals surface area contributed by atoms with E-state index in [0.717, 1.165) is 28.5 Å². The van der Waals surface area contributed by atoms with E-state index in [1.54, 1.807) is 6.07 Å². The van der Waals surface area contributed by atoms with Crippen LogP contribution in [0.2, 0.25) is 0 Å². The second-order valence-electron chi connectivity index (χ2n) is 6.80. The number of ether oxygens (including phenoxy) is 2. The fraction of sp³-hybridized carbons (Fsp3) is 0.160. The van der Waals surface area contributed by atoms with E-state index in [-0.39, 0.29) is 6.61 Å². The van der Waals surface area contributed by atoms with Crippen LogP contribution >= 0.6 is 0 Å². The van der Waals surface area contributed by atoms with Gasteiger partial charge in [-0.1, -0.05) is 55.5 Å². The highest BCUT2D eigenvalue weighted by Crippen LogP contribution is 2.31. The normalized spacial score (nSPS) is 10.8. The van der Waals surface area contributed by atoms with Gasteiger partial charge in [-0.2, -0.15) is 0 Å². The number of pyridine rings is 1. The summed E-state index contributed by atoms with van der Waals surface area (Å²) in [7, 11) is 0. The summed E-state index contributed by atoms with van der Waals surface area (Å²) in [6.07, 6.45) is 0.818. The summed E-state index contributed by atoms with van der Waals surface area (Å²) in [6, 6.07) is 25.5. The molecular weight excluding hydrogens is 362 g/mol. The lowest BCUT2D eigenvalue weighted by Gasteiger charge is -2.14. The third-order valence-corrected chi connectivity index (χ3v) is 4.80. The summed E-state index contributed by atoms with van der Waals surface area (Å²) >= 11 is 0. The van der Waals surface area contributed by atoms with Gasteiger partial charge in [-0.05, 0) is 42.3 Å². The molecule has 4 aromatic rings. The van der Waals surface area contributed by atoms with E-state index in [1.165, 1.54) is 0 Å². The first-order chi connectivity index (χ1) is 14.3. The zero-order valence-electron chi connectivity index (χ0n) is 16.3. The van der Waals surface area contributed by atoms with Gasteiger partial charge in [-0.15, -0.1) is 0 Å². The van der Waals surface area contributed by atoms with Gasteiger partial charge in [0.15, 0.2) is 0 Å². The molecule has 146 valence electrons. The molecule has 0 unspecified atom stereocenters. The number of hydrogen-bond donors (Lipinski definition) is 1. The molecule has 0 radical (unpaired) electrons. The highest BCUT2D eigenvalue weighted by molar-refractivity contribution is 5.80. The number of aliphatic hydroxyl groups excluding tert-OH is 1. The summed E-state index contributed by atoms with van der Waals surface area (Å²) in [5, 5.41) is 10.9. The predicted octanol–water partition coefficient (Wildman–Crippen LogP) is 5.66. The van der Waals surface area contributed by atoms with Crippen LogP contribution in [0.25, 0.3) is 10.9 Å². The van der Waals surface area contributed by atoms with Gasteiger partial charge in [-0.25, -0.2) is 4.98 Å². The van der Waals surface area contributed by atoms with Crippen LogP contribution in [0.15, 0.2) is 78.9 Å². The number of para-hydroxylation sites is 1. The van der Waals surface area contributed by atoms with Gasteiger partial charge in [-0.3, -0.25) is 0 Å². The Kier molecular flexibility index (Phi) is 5.73. The molecule has 29 heavy (non-hydrogen) atoms. The lowest BCUT2D eigenvalue weighted by Crippen LogP contribution is -2.00. The first-order valence-electron chi connectivity index (χ1n) is 9.74. The Morgan fingerprint density at radius 1 is 0.862 bits per heavy atom. The summed E-state index contributed by atoms with van der Waals surface area (Å²) in [4.78, 5) is 4.68. The Hall–Kier alpha value is -3.37. The molecule has 4 nitrogen and oxygen atoms in total. The highest BCUT2D eigenvalue weighted by atomic mass is 16.5. The second-order valence-corrected chi connectivity index (χ2v) is 6.80. The smallest absolute Gasteiger partial charge is 0.223 e. The van der Waals surface area contributed by atoms with E-state index < -0.39 is 0 Å². The van der Waals surface area contributed by atoms with Crippen LogP contribution in [0, 0.1) is 0 Å². The molecule has 0 aliphatic heterocycles. The lowest BCUT2D eigenvalue weighted by atomic mass is 10.1. The number of aromatic nitrogens is 1. The summed E-state index contributed by atoms with van der Waals surface area (Å²) in [5.74, 6) is 1.86. The summed E-state index contributed by atoms with van der Waals surface area (Å²) in [6.45, 7) is 2.39. The number of nitrogens with zero attached hydrogens (tertiary/aromatic N) is 1. The first-order valence-corrected chi connectivity index (χ1v) is 9.74. The number of aryl methyl sites for hydroxylation is 1. The van der Waals surface area contributed by atoms with Gasteiger partial charge >= 0.3 is 0 Å². The Bertz CT molecular complexity index is 1110. The minimum Gasteiger partial charge on any atom is -0.489 e. The topological polar surface area (TPSA) is 51.6 Å². The molecule has 0 amide bonds. The number of rotatable bonds is 7. The molecule has 3 aromatic carbocycles. The third-order valence-electron chi connectivity index (χ3n) is 4.80. The van der Waals surface area contributed by atoms with Crippen LogP contribution in [0.1, 0.15) is 23.6 Å². The molecule has 0 saturated carbocycles. The van der Waals surface area contributed by atoms with E-state index in [1.807, 2.05) is 66.7 Å². The van der Waals surface area contributed by atoms with E-state index in [2.05, 4.69) is 18.0 Å². The molecule has 1 N–H and O–H groups in total. The summed E-state index contributed by atoms with van der Waals surface area (Å²) in [5.41, 5.74) is 3.69. The molecular formula is C25H23NO3. The Balaban J connectivity index is 1.57. The van der Waals surface area contributed by atoms with Gasteiger partial charge in [0.05, 0.1) is 12.1 Å². The van der Waals surface area contributed by atoms with Crippen molar-refractivity contribution in [1.29, 1.82) is 0 Å². The largest absolute Gasteiger partial charge is 0.489 e. The van der Waals surface area contributed by atoms with Gasteiger partial charge in [0.25, 0.3) is 0 Å². The lowest BCUT2D eigenvalue weighted by molar-refractivity contribution is 0.258. The minimum absolute atomic E-state index is 0.132. The third kappa shape index (κ3) is 4.39. The number of benzene rings is 3. The van der Waals surface area contributed by atoms with Crippen molar-refractivity contribution in [2.75, 3.05) is 0 Å². The van der Waals surface area contributed by atoms with Crippen molar-refractivity contribution >= 4 is 10.9 Å². The molecule has 0 bridgehead atoms. The van der Waals surface area contributed by atoms with Gasteiger partial charge < -0.3 is 14.6 Å². The Morgan fingerprint density at radius 2 is 1.66 bits per heavy atom. The van der Waals surface area contributed by atoms with Crippen molar-refractivity contribution in [2.45, 2.75) is 26.6 Å². The highest BCUT2D eigenvalue weighted by Gasteiger charge is 2.11. The quantitative estimate of drug-likeness (QED) is 0.446. The molecule has 0 atom stereocenters. The average molecular weight is 385 g/mol. The molecule has 1 heterocycles. The molecule has 1 aromatic heterocycles. The zero-order chi connectivity index (χ0) is 20.1. The average Bonchev–Trinajstić information content (AvgIpc) is 2.78. The van der Waals surface area contributed by atoms with Gasteiger partial charge in [0.1, 0.15) is 18.1 Å². The maximum atomic E-state index is 9.80. The van der Waals surface area contributed by atoms with Gasteiger partial charge in [0, 0.05) is 16.5 Å². The SMILES string of the molecule is CCc1cc2ccccc2nc1Oc1ccc(OCc2ccccc2)c(CO)c1. The standard InChI is InChI=1S/C25H23NO3/c1-2-19-14-20-10-6-7-11-23(20)26-25(19)29-22-12-13-24(21(15-22)16-27)28-17-18-8-4-3-5-9-18/h3-15,27H,2,16-17H2,1H3.